The minimum atomic E-state index is -0.0201. The Morgan fingerprint density at radius 2 is 2.00 bits per heavy atom. The molecule has 16 heavy (non-hydrogen) atoms. The summed E-state index contributed by atoms with van der Waals surface area (Å²) in [5, 5.41) is 0. The minimum absolute atomic E-state index is 0.0201. The molecule has 2 nitrogen and oxygen atoms in total. The van der Waals surface area contributed by atoms with Gasteiger partial charge >= 0.3 is 0 Å². The number of hydrogen-bond acceptors (Lipinski definition) is 1. The van der Waals surface area contributed by atoms with Gasteiger partial charge in [-0.1, -0.05) is 30.3 Å². The van der Waals surface area contributed by atoms with Crippen LogP contribution in [0.3, 0.4) is 0 Å². The van der Waals surface area contributed by atoms with Crippen LogP contribution >= 0.6 is 23.4 Å². The van der Waals surface area contributed by atoms with Gasteiger partial charge in [0.25, 0.3) is 0 Å². The molecule has 1 aliphatic rings. The van der Waals surface area contributed by atoms with Crippen LogP contribution in [0.1, 0.15) is 12.0 Å². The molecule has 0 spiro atoms. The highest BCUT2D eigenvalue weighted by atomic mass is 35.5. The molecule has 86 valence electrons. The smallest absolute Gasteiger partial charge is 0.237 e. The summed E-state index contributed by atoms with van der Waals surface area (Å²) >= 11 is 11.8. The predicted octanol–water partition coefficient (Wildman–Crippen LogP) is 2.84. The number of alkyl halides is 1. The Bertz CT molecular complexity index is 369. The number of amides is 1. The largest absolute Gasteiger partial charge is 0.274 e. The van der Waals surface area contributed by atoms with Gasteiger partial charge in [0.15, 0.2) is 0 Å². The zero-order valence-electron chi connectivity index (χ0n) is 8.77. The van der Waals surface area contributed by atoms with Gasteiger partial charge in [0.2, 0.25) is 5.91 Å². The fraction of sp³-hybridized carbons (Fsp3) is 0.417. The summed E-state index contributed by atoms with van der Waals surface area (Å²) in [6.07, 6.45) is 1.23. The first-order valence-corrected chi connectivity index (χ1v) is 6.17. The highest BCUT2D eigenvalue weighted by molar-refractivity contribution is 6.23. The fourth-order valence-electron chi connectivity index (χ4n) is 2.08. The second-order valence-corrected chi connectivity index (χ2v) is 4.75. The predicted molar refractivity (Wildman–Crippen MR) is 65.5 cm³/mol. The van der Waals surface area contributed by atoms with Gasteiger partial charge in [0.05, 0.1) is 6.04 Å². The van der Waals surface area contributed by atoms with Gasteiger partial charge in [-0.25, -0.2) is 0 Å². The molecule has 0 saturated carbocycles. The van der Waals surface area contributed by atoms with E-state index in [-0.39, 0.29) is 17.9 Å². The van der Waals surface area contributed by atoms with Gasteiger partial charge in [0.1, 0.15) is 0 Å². The van der Waals surface area contributed by atoms with Crippen LogP contribution in [0, 0.1) is 5.92 Å². The van der Waals surface area contributed by atoms with Gasteiger partial charge in [0, 0.05) is 30.0 Å². The van der Waals surface area contributed by atoms with E-state index in [1.165, 1.54) is 9.98 Å². The Morgan fingerprint density at radius 1 is 1.31 bits per heavy atom. The third-order valence-corrected chi connectivity index (χ3v) is 3.83. The van der Waals surface area contributed by atoms with Gasteiger partial charge in [-0.2, -0.15) is 0 Å². The fourth-order valence-corrected chi connectivity index (χ4v) is 2.69. The average Bonchev–Trinajstić information content (AvgIpc) is 2.58. The van der Waals surface area contributed by atoms with Crippen LogP contribution in [0.5, 0.6) is 0 Å². The maximum absolute atomic E-state index is 11.5. The van der Waals surface area contributed by atoms with Crippen molar-refractivity contribution in [3.63, 3.8) is 0 Å². The first kappa shape index (κ1) is 11.7. The molecule has 1 aromatic rings. The number of nitrogens with zero attached hydrogens (tertiary/aromatic N) is 1. The number of carbonyl (C=O) groups is 1. The third kappa shape index (κ3) is 2.33. The van der Waals surface area contributed by atoms with E-state index in [4.69, 9.17) is 23.4 Å². The van der Waals surface area contributed by atoms with Crippen LogP contribution < -0.4 is 0 Å². The molecule has 1 amide bonds. The summed E-state index contributed by atoms with van der Waals surface area (Å²) in [6.45, 7) is 0. The van der Waals surface area contributed by atoms with E-state index in [9.17, 15) is 4.79 Å². The standard InChI is InChI=1S/C12H13Cl2NO/c13-8-10-7-12(16)15(14)11(10)6-9-4-2-1-3-5-9/h1-5,10-11H,6-8H2. The lowest BCUT2D eigenvalue weighted by atomic mass is 9.96. The molecule has 0 aliphatic carbocycles. The first-order valence-electron chi connectivity index (χ1n) is 5.30. The molecule has 2 unspecified atom stereocenters. The third-order valence-electron chi connectivity index (χ3n) is 3.00. The second-order valence-electron chi connectivity index (χ2n) is 4.08. The van der Waals surface area contributed by atoms with E-state index in [0.29, 0.717) is 12.3 Å². The van der Waals surface area contributed by atoms with Gasteiger partial charge in [-0.05, 0) is 12.0 Å². The Kier molecular flexibility index (Phi) is 3.72. The van der Waals surface area contributed by atoms with Crippen LogP contribution in [0.4, 0.5) is 0 Å². The maximum atomic E-state index is 11.5. The Labute approximate surface area is 105 Å². The molecule has 1 heterocycles. The van der Waals surface area contributed by atoms with E-state index in [0.717, 1.165) is 6.42 Å². The highest BCUT2D eigenvalue weighted by Gasteiger charge is 2.38. The molecular formula is C12H13Cl2NO. The maximum Gasteiger partial charge on any atom is 0.237 e. The van der Waals surface area contributed by atoms with Crippen molar-refractivity contribution in [2.24, 2.45) is 5.92 Å². The van der Waals surface area contributed by atoms with Crippen molar-refractivity contribution in [3.8, 4) is 0 Å². The summed E-state index contributed by atoms with van der Waals surface area (Å²) < 4.78 is 1.32. The van der Waals surface area contributed by atoms with E-state index in [1.807, 2.05) is 30.3 Å². The minimum Gasteiger partial charge on any atom is -0.274 e. The molecule has 2 atom stereocenters. The van der Waals surface area contributed by atoms with E-state index >= 15 is 0 Å². The topological polar surface area (TPSA) is 20.3 Å². The molecule has 2 rings (SSSR count). The van der Waals surface area contributed by atoms with E-state index < -0.39 is 0 Å². The normalized spacial score (nSPS) is 25.1. The van der Waals surface area contributed by atoms with Crippen molar-refractivity contribution >= 4 is 29.3 Å². The van der Waals surface area contributed by atoms with Crippen LogP contribution in [0.25, 0.3) is 0 Å². The molecule has 0 N–H and O–H groups in total. The van der Waals surface area contributed by atoms with Crippen molar-refractivity contribution < 1.29 is 4.79 Å². The van der Waals surface area contributed by atoms with Gasteiger partial charge in [-0.15, -0.1) is 11.6 Å². The lowest BCUT2D eigenvalue weighted by Crippen LogP contribution is -2.30. The quantitative estimate of drug-likeness (QED) is 0.603. The number of rotatable bonds is 3. The van der Waals surface area contributed by atoms with E-state index in [2.05, 4.69) is 0 Å². The zero-order chi connectivity index (χ0) is 11.5. The highest BCUT2D eigenvalue weighted by Crippen LogP contribution is 2.30. The molecule has 0 bridgehead atoms. The van der Waals surface area contributed by atoms with Crippen LogP contribution in [-0.4, -0.2) is 22.2 Å². The average molecular weight is 258 g/mol. The monoisotopic (exact) mass is 257 g/mol. The molecule has 0 radical (unpaired) electrons. The number of halogens is 2. The van der Waals surface area contributed by atoms with Crippen molar-refractivity contribution in [1.82, 2.24) is 4.42 Å². The van der Waals surface area contributed by atoms with Crippen LogP contribution in [0.2, 0.25) is 0 Å². The Balaban J connectivity index is 2.11. The summed E-state index contributed by atoms with van der Waals surface area (Å²) in [5.74, 6) is 0.618. The lowest BCUT2D eigenvalue weighted by Gasteiger charge is -2.21. The Morgan fingerprint density at radius 3 is 2.62 bits per heavy atom. The van der Waals surface area contributed by atoms with Crippen molar-refractivity contribution in [1.29, 1.82) is 0 Å². The molecule has 1 fully saturated rings. The summed E-state index contributed by atoms with van der Waals surface area (Å²) in [7, 11) is 0. The molecule has 1 saturated heterocycles. The molecular weight excluding hydrogens is 245 g/mol. The summed E-state index contributed by atoms with van der Waals surface area (Å²) in [4.78, 5) is 11.5. The molecule has 0 aromatic heterocycles. The van der Waals surface area contributed by atoms with E-state index in [1.54, 1.807) is 0 Å². The van der Waals surface area contributed by atoms with Gasteiger partial charge < -0.3 is 0 Å². The molecule has 4 heteroatoms. The Hall–Kier alpha value is -0.730. The number of carbonyl (C=O) groups excluding carboxylic acids is 1. The van der Waals surface area contributed by atoms with Gasteiger partial charge in [-0.3, -0.25) is 9.21 Å². The molecule has 1 aliphatic heterocycles. The van der Waals surface area contributed by atoms with Crippen LogP contribution in [-0.2, 0) is 11.2 Å². The van der Waals surface area contributed by atoms with Crippen molar-refractivity contribution in [2.75, 3.05) is 5.88 Å². The van der Waals surface area contributed by atoms with Crippen LogP contribution in [0.15, 0.2) is 30.3 Å². The summed E-state index contributed by atoms with van der Waals surface area (Å²) in [5.41, 5.74) is 1.18. The first-order chi connectivity index (χ1) is 7.72. The summed E-state index contributed by atoms with van der Waals surface area (Å²) in [6, 6.07) is 10.0. The number of benzene rings is 1. The second kappa shape index (κ2) is 5.07. The van der Waals surface area contributed by atoms with Crippen molar-refractivity contribution in [3.05, 3.63) is 35.9 Å². The van der Waals surface area contributed by atoms with Crippen molar-refractivity contribution in [2.45, 2.75) is 18.9 Å². The number of hydrogen-bond donors (Lipinski definition) is 0. The molecule has 1 aromatic carbocycles. The SMILES string of the molecule is O=C1CC(CCl)C(Cc2ccccc2)N1Cl. The lowest BCUT2D eigenvalue weighted by molar-refractivity contribution is -0.124. The zero-order valence-corrected chi connectivity index (χ0v) is 10.3.